The lowest BCUT2D eigenvalue weighted by Gasteiger charge is -2.12. The molecule has 0 aliphatic carbocycles. The van der Waals surface area contributed by atoms with E-state index in [1.807, 2.05) is 18.2 Å². The molecule has 0 radical (unpaired) electrons. The Morgan fingerprint density at radius 1 is 1.33 bits per heavy atom. The van der Waals surface area contributed by atoms with Crippen molar-refractivity contribution in [1.29, 1.82) is 0 Å². The van der Waals surface area contributed by atoms with E-state index in [2.05, 4.69) is 18.0 Å². The number of methoxy groups -OCH3 is 1. The van der Waals surface area contributed by atoms with E-state index in [1.165, 1.54) is 0 Å². The Kier molecular flexibility index (Phi) is 4.44. The van der Waals surface area contributed by atoms with Crippen molar-refractivity contribution >= 4 is 22.5 Å². The van der Waals surface area contributed by atoms with Crippen LogP contribution in [0.1, 0.15) is 13.3 Å². The van der Waals surface area contributed by atoms with Crippen LogP contribution in [0.25, 0.3) is 10.8 Å². The molecular formula is C14H17NO2S. The summed E-state index contributed by atoms with van der Waals surface area (Å²) in [5.41, 5.74) is 0. The zero-order valence-corrected chi connectivity index (χ0v) is 11.4. The number of thioether (sulfide) groups is 1. The van der Waals surface area contributed by atoms with Gasteiger partial charge in [-0.2, -0.15) is 0 Å². The number of fused-ring (bicyclic) bond motifs is 1. The van der Waals surface area contributed by atoms with Crippen molar-refractivity contribution in [1.82, 2.24) is 4.98 Å². The molecule has 96 valence electrons. The number of aliphatic hydroxyl groups excluding tert-OH is 1. The van der Waals surface area contributed by atoms with Crippen LogP contribution in [0.2, 0.25) is 0 Å². The van der Waals surface area contributed by atoms with E-state index < -0.39 is 0 Å². The number of pyridine rings is 1. The Morgan fingerprint density at radius 3 is 2.89 bits per heavy atom. The van der Waals surface area contributed by atoms with E-state index in [9.17, 15) is 0 Å². The van der Waals surface area contributed by atoms with Crippen molar-refractivity contribution in [3.63, 3.8) is 0 Å². The molecule has 0 fully saturated rings. The van der Waals surface area contributed by atoms with Gasteiger partial charge in [-0.05, 0) is 18.6 Å². The summed E-state index contributed by atoms with van der Waals surface area (Å²) in [6.45, 7) is 2.31. The van der Waals surface area contributed by atoms with Gasteiger partial charge in [-0.15, -0.1) is 11.8 Å². The highest BCUT2D eigenvalue weighted by atomic mass is 32.2. The molecule has 4 heteroatoms. The van der Waals surface area contributed by atoms with Crippen molar-refractivity contribution in [2.45, 2.75) is 23.6 Å². The maximum Gasteiger partial charge on any atom is 0.126 e. The maximum atomic E-state index is 8.96. The lowest BCUT2D eigenvalue weighted by atomic mass is 10.1. The molecule has 0 spiro atoms. The summed E-state index contributed by atoms with van der Waals surface area (Å²) in [4.78, 5) is 4.43. The van der Waals surface area contributed by atoms with Crippen LogP contribution in [0.4, 0.5) is 0 Å². The highest BCUT2D eigenvalue weighted by Crippen LogP contribution is 2.33. The monoisotopic (exact) mass is 263 g/mol. The van der Waals surface area contributed by atoms with Crippen LogP contribution in [0.5, 0.6) is 5.75 Å². The van der Waals surface area contributed by atoms with Crippen molar-refractivity contribution in [3.8, 4) is 5.75 Å². The molecule has 1 aromatic carbocycles. The van der Waals surface area contributed by atoms with E-state index in [-0.39, 0.29) is 6.61 Å². The second-order valence-electron chi connectivity index (χ2n) is 4.11. The van der Waals surface area contributed by atoms with E-state index >= 15 is 0 Å². The van der Waals surface area contributed by atoms with Crippen molar-refractivity contribution in [2.75, 3.05) is 13.7 Å². The minimum atomic E-state index is 0.211. The number of aliphatic hydroxyl groups is 1. The summed E-state index contributed by atoms with van der Waals surface area (Å²) < 4.78 is 5.36. The lowest BCUT2D eigenvalue weighted by molar-refractivity contribution is 0.289. The fraction of sp³-hybridized carbons (Fsp3) is 0.357. The van der Waals surface area contributed by atoms with E-state index in [4.69, 9.17) is 9.84 Å². The van der Waals surface area contributed by atoms with E-state index in [0.717, 1.165) is 28.0 Å². The van der Waals surface area contributed by atoms with Gasteiger partial charge in [0.1, 0.15) is 10.8 Å². The van der Waals surface area contributed by atoms with E-state index in [0.29, 0.717) is 5.25 Å². The molecule has 0 bridgehead atoms. The molecule has 1 atom stereocenters. The molecule has 1 heterocycles. The Labute approximate surface area is 111 Å². The smallest absolute Gasteiger partial charge is 0.126 e. The molecule has 0 amide bonds. The second kappa shape index (κ2) is 6.07. The van der Waals surface area contributed by atoms with Crippen LogP contribution in [-0.2, 0) is 0 Å². The van der Waals surface area contributed by atoms with E-state index in [1.54, 1.807) is 25.1 Å². The molecule has 1 unspecified atom stereocenters. The average molecular weight is 263 g/mol. The number of rotatable bonds is 5. The molecule has 0 saturated carbocycles. The predicted octanol–water partition coefficient (Wildman–Crippen LogP) is 3.11. The Morgan fingerprint density at radius 2 is 2.17 bits per heavy atom. The quantitative estimate of drug-likeness (QED) is 0.842. The summed E-state index contributed by atoms with van der Waals surface area (Å²) in [5, 5.41) is 12.5. The SMILES string of the molecule is COc1cccc2c(SC(C)CCO)nccc12. The number of hydrogen-bond donors (Lipinski definition) is 1. The minimum Gasteiger partial charge on any atom is -0.496 e. The minimum absolute atomic E-state index is 0.211. The molecule has 2 aromatic rings. The third-order valence-corrected chi connectivity index (χ3v) is 3.98. The molecule has 2 rings (SSSR count). The summed E-state index contributed by atoms with van der Waals surface area (Å²) in [7, 11) is 1.68. The van der Waals surface area contributed by atoms with Crippen LogP contribution in [0.15, 0.2) is 35.5 Å². The first-order valence-corrected chi connectivity index (χ1v) is 6.83. The van der Waals surface area contributed by atoms with Gasteiger partial charge >= 0.3 is 0 Å². The van der Waals surface area contributed by atoms with Gasteiger partial charge in [0, 0.05) is 28.8 Å². The third-order valence-electron chi connectivity index (χ3n) is 2.80. The highest BCUT2D eigenvalue weighted by molar-refractivity contribution is 8.00. The zero-order valence-electron chi connectivity index (χ0n) is 10.6. The average Bonchev–Trinajstić information content (AvgIpc) is 2.38. The standard InChI is InChI=1S/C14H17NO2S/c1-10(7-9-16)18-14-12-4-3-5-13(17-2)11(12)6-8-15-14/h3-6,8,10,16H,7,9H2,1-2H3. The van der Waals surface area contributed by atoms with Gasteiger partial charge in [0.25, 0.3) is 0 Å². The number of ether oxygens (including phenoxy) is 1. The summed E-state index contributed by atoms with van der Waals surface area (Å²) in [5.74, 6) is 0.867. The largest absolute Gasteiger partial charge is 0.496 e. The molecule has 0 aliphatic heterocycles. The fourth-order valence-corrected chi connectivity index (χ4v) is 2.89. The Hall–Kier alpha value is -1.26. The van der Waals surface area contributed by atoms with Gasteiger partial charge in [-0.25, -0.2) is 4.98 Å². The molecular weight excluding hydrogens is 246 g/mol. The van der Waals surface area contributed by atoms with Crippen molar-refractivity contribution in [2.24, 2.45) is 0 Å². The topological polar surface area (TPSA) is 42.4 Å². The van der Waals surface area contributed by atoms with Gasteiger partial charge < -0.3 is 9.84 Å². The first-order chi connectivity index (χ1) is 8.76. The predicted molar refractivity (Wildman–Crippen MR) is 75.3 cm³/mol. The van der Waals surface area contributed by atoms with Gasteiger partial charge in [-0.3, -0.25) is 0 Å². The molecule has 0 aliphatic rings. The molecule has 1 N–H and O–H groups in total. The van der Waals surface area contributed by atoms with Crippen molar-refractivity contribution in [3.05, 3.63) is 30.5 Å². The normalized spacial score (nSPS) is 12.6. The van der Waals surface area contributed by atoms with Crippen LogP contribution >= 0.6 is 11.8 Å². The van der Waals surface area contributed by atoms with Crippen LogP contribution in [0.3, 0.4) is 0 Å². The molecule has 3 nitrogen and oxygen atoms in total. The first-order valence-electron chi connectivity index (χ1n) is 5.95. The lowest BCUT2D eigenvalue weighted by Crippen LogP contribution is -2.00. The van der Waals surface area contributed by atoms with Gasteiger partial charge in [-0.1, -0.05) is 19.1 Å². The Bertz CT molecular complexity index is 530. The summed E-state index contributed by atoms with van der Waals surface area (Å²) >= 11 is 1.69. The highest BCUT2D eigenvalue weighted by Gasteiger charge is 2.10. The number of aromatic nitrogens is 1. The van der Waals surface area contributed by atoms with Crippen LogP contribution < -0.4 is 4.74 Å². The van der Waals surface area contributed by atoms with Gasteiger partial charge in [0.2, 0.25) is 0 Å². The second-order valence-corrected chi connectivity index (χ2v) is 5.54. The summed E-state index contributed by atoms with van der Waals surface area (Å²) in [6.07, 6.45) is 2.57. The maximum absolute atomic E-state index is 8.96. The Balaban J connectivity index is 2.39. The molecule has 0 saturated heterocycles. The first kappa shape index (κ1) is 13.2. The number of hydrogen-bond acceptors (Lipinski definition) is 4. The van der Waals surface area contributed by atoms with Crippen LogP contribution in [0, 0.1) is 0 Å². The van der Waals surface area contributed by atoms with Crippen molar-refractivity contribution < 1.29 is 9.84 Å². The van der Waals surface area contributed by atoms with Gasteiger partial charge in [0.05, 0.1) is 7.11 Å². The third kappa shape index (κ3) is 2.76. The zero-order chi connectivity index (χ0) is 13.0. The molecule has 1 aromatic heterocycles. The van der Waals surface area contributed by atoms with Gasteiger partial charge in [0.15, 0.2) is 0 Å². The fourth-order valence-electron chi connectivity index (χ4n) is 1.85. The van der Waals surface area contributed by atoms with Crippen LogP contribution in [-0.4, -0.2) is 29.1 Å². The molecule has 18 heavy (non-hydrogen) atoms. The number of nitrogens with zero attached hydrogens (tertiary/aromatic N) is 1. The number of benzene rings is 1. The summed E-state index contributed by atoms with van der Waals surface area (Å²) in [6, 6.07) is 7.95.